The fraction of sp³-hybridized carbons (Fsp3) is 0.571. The van der Waals surface area contributed by atoms with E-state index in [2.05, 4.69) is 13.0 Å². The van der Waals surface area contributed by atoms with Gasteiger partial charge in [0.2, 0.25) is 0 Å². The summed E-state index contributed by atoms with van der Waals surface area (Å²) >= 11 is 0. The Labute approximate surface area is 153 Å². The van der Waals surface area contributed by atoms with E-state index in [1.54, 1.807) is 12.1 Å². The molecule has 5 nitrogen and oxygen atoms in total. The average Bonchev–Trinajstić information content (AvgIpc) is 2.89. The molecule has 4 rings (SSSR count). The average molecular weight is 353 g/mol. The molecule has 2 fully saturated rings. The van der Waals surface area contributed by atoms with Crippen LogP contribution < -0.4 is 0 Å². The molecule has 26 heavy (non-hydrogen) atoms. The SMILES string of the molecule is CC(=O)O[C@H]1Cc2cc(O)c(C#N)cc2[C@H]2CC[C@]3(C)C(=O)CC[C@H]3[C@H]12. The van der Waals surface area contributed by atoms with Crippen molar-refractivity contribution < 1.29 is 19.4 Å². The fourth-order valence-corrected chi connectivity index (χ4v) is 5.79. The molecule has 1 aromatic carbocycles. The summed E-state index contributed by atoms with van der Waals surface area (Å²) in [6, 6.07) is 5.50. The van der Waals surface area contributed by atoms with E-state index in [1.807, 2.05) is 0 Å². The van der Waals surface area contributed by atoms with Crippen LogP contribution in [0, 0.1) is 28.6 Å². The quantitative estimate of drug-likeness (QED) is 0.783. The summed E-state index contributed by atoms with van der Waals surface area (Å²) in [6.07, 6.45) is 3.34. The number of carbonyl (C=O) groups is 2. The van der Waals surface area contributed by atoms with E-state index in [0.717, 1.165) is 30.4 Å². The fourth-order valence-electron chi connectivity index (χ4n) is 5.79. The highest BCUT2D eigenvalue weighted by Crippen LogP contribution is 2.60. The van der Waals surface area contributed by atoms with Gasteiger partial charge in [0, 0.05) is 31.1 Å². The lowest BCUT2D eigenvalue weighted by atomic mass is 9.54. The second-order valence-electron chi connectivity index (χ2n) is 8.24. The Hall–Kier alpha value is -2.35. The van der Waals surface area contributed by atoms with Crippen molar-refractivity contribution in [2.24, 2.45) is 17.3 Å². The number of ether oxygens (including phenoxy) is 1. The number of benzene rings is 1. The summed E-state index contributed by atoms with van der Waals surface area (Å²) in [6.45, 7) is 3.49. The lowest BCUT2D eigenvalue weighted by molar-refractivity contribution is -0.155. The number of nitrogens with zero attached hydrogens (tertiary/aromatic N) is 1. The Morgan fingerprint density at radius 1 is 1.38 bits per heavy atom. The molecule has 0 aliphatic heterocycles. The number of nitriles is 1. The molecule has 5 atom stereocenters. The number of rotatable bonds is 1. The number of esters is 1. The van der Waals surface area contributed by atoms with Crippen LogP contribution in [0.3, 0.4) is 0 Å². The second kappa shape index (κ2) is 5.84. The maximum Gasteiger partial charge on any atom is 0.302 e. The molecule has 0 aromatic heterocycles. The molecule has 0 bridgehead atoms. The van der Waals surface area contributed by atoms with E-state index in [0.29, 0.717) is 18.6 Å². The molecule has 3 aliphatic rings. The van der Waals surface area contributed by atoms with Crippen LogP contribution in [0.4, 0.5) is 0 Å². The first kappa shape index (κ1) is 17.1. The van der Waals surface area contributed by atoms with Gasteiger partial charge in [0.25, 0.3) is 0 Å². The van der Waals surface area contributed by atoms with Crippen molar-refractivity contribution in [1.82, 2.24) is 0 Å². The third-order valence-corrected chi connectivity index (χ3v) is 6.99. The van der Waals surface area contributed by atoms with Crippen molar-refractivity contribution in [2.45, 2.75) is 58.0 Å². The summed E-state index contributed by atoms with van der Waals surface area (Å²) in [7, 11) is 0. The predicted molar refractivity (Wildman–Crippen MR) is 93.4 cm³/mol. The van der Waals surface area contributed by atoms with Gasteiger partial charge in [-0.25, -0.2) is 0 Å². The van der Waals surface area contributed by atoms with E-state index in [9.17, 15) is 20.0 Å². The number of hydrogen-bond acceptors (Lipinski definition) is 5. The maximum atomic E-state index is 12.5. The van der Waals surface area contributed by atoms with Gasteiger partial charge in [-0.15, -0.1) is 0 Å². The van der Waals surface area contributed by atoms with Crippen molar-refractivity contribution >= 4 is 11.8 Å². The molecule has 0 radical (unpaired) electrons. The van der Waals surface area contributed by atoms with Gasteiger partial charge < -0.3 is 9.84 Å². The van der Waals surface area contributed by atoms with Crippen molar-refractivity contribution in [3.8, 4) is 11.8 Å². The van der Waals surface area contributed by atoms with Gasteiger partial charge in [0.15, 0.2) is 0 Å². The molecule has 0 spiro atoms. The third-order valence-electron chi connectivity index (χ3n) is 6.99. The van der Waals surface area contributed by atoms with Gasteiger partial charge in [-0.2, -0.15) is 5.26 Å². The van der Waals surface area contributed by atoms with Crippen LogP contribution in [0.1, 0.15) is 62.1 Å². The first-order valence-electron chi connectivity index (χ1n) is 9.31. The molecular weight excluding hydrogens is 330 g/mol. The lowest BCUT2D eigenvalue weighted by Gasteiger charge is -2.50. The molecule has 3 aliphatic carbocycles. The summed E-state index contributed by atoms with van der Waals surface area (Å²) in [5, 5.41) is 19.4. The van der Waals surface area contributed by atoms with E-state index < -0.39 is 0 Å². The van der Waals surface area contributed by atoms with Gasteiger partial charge in [-0.05, 0) is 54.4 Å². The Bertz CT molecular complexity index is 839. The minimum Gasteiger partial charge on any atom is -0.507 e. The molecule has 0 amide bonds. The van der Waals surface area contributed by atoms with Crippen molar-refractivity contribution in [1.29, 1.82) is 5.26 Å². The Morgan fingerprint density at radius 2 is 2.15 bits per heavy atom. The molecule has 1 aromatic rings. The Balaban J connectivity index is 1.82. The Morgan fingerprint density at radius 3 is 2.85 bits per heavy atom. The Kier molecular flexibility index (Phi) is 3.83. The van der Waals surface area contributed by atoms with Crippen molar-refractivity contribution in [3.05, 3.63) is 28.8 Å². The van der Waals surface area contributed by atoms with Crippen molar-refractivity contribution in [3.63, 3.8) is 0 Å². The van der Waals surface area contributed by atoms with Gasteiger partial charge in [-0.1, -0.05) is 6.92 Å². The smallest absolute Gasteiger partial charge is 0.302 e. The molecule has 1 N–H and O–H groups in total. The van der Waals surface area contributed by atoms with E-state index in [-0.39, 0.29) is 46.6 Å². The standard InChI is InChI=1S/C21H23NO4/c1-11(23)26-18-9-12-8-17(24)13(10-22)7-15(12)14-5-6-21(2)16(20(14)18)3-4-19(21)25/h7-8,14,16,18,20,24H,3-6,9H2,1-2H3/t14-,16+,18+,20-,21+/m1/s1. The highest BCUT2D eigenvalue weighted by molar-refractivity contribution is 5.87. The van der Waals surface area contributed by atoms with Gasteiger partial charge >= 0.3 is 5.97 Å². The number of hydrogen-bond donors (Lipinski definition) is 1. The predicted octanol–water partition coefficient (Wildman–Crippen LogP) is 3.23. The van der Waals surface area contributed by atoms with E-state index in [1.165, 1.54) is 6.92 Å². The van der Waals surface area contributed by atoms with E-state index in [4.69, 9.17) is 4.74 Å². The number of aromatic hydroxyl groups is 1. The second-order valence-corrected chi connectivity index (χ2v) is 8.24. The number of Topliss-reactive ketones (excluding diaryl/α,β-unsaturated/α-hetero) is 1. The highest BCUT2D eigenvalue weighted by Gasteiger charge is 2.57. The summed E-state index contributed by atoms with van der Waals surface area (Å²) < 4.78 is 5.71. The number of carbonyl (C=O) groups excluding carboxylic acids is 2. The van der Waals surface area contributed by atoms with Crippen LogP contribution in [-0.4, -0.2) is 23.0 Å². The van der Waals surface area contributed by atoms with Crippen LogP contribution >= 0.6 is 0 Å². The molecule has 2 saturated carbocycles. The minimum absolute atomic E-state index is 0.0250. The zero-order valence-electron chi connectivity index (χ0n) is 15.1. The first-order chi connectivity index (χ1) is 12.3. The normalized spacial score (nSPS) is 35.0. The number of phenols is 1. The monoisotopic (exact) mass is 353 g/mol. The van der Waals surface area contributed by atoms with Crippen LogP contribution in [-0.2, 0) is 20.7 Å². The van der Waals surface area contributed by atoms with Crippen LogP contribution in [0.2, 0.25) is 0 Å². The van der Waals surface area contributed by atoms with Gasteiger partial charge in [0.1, 0.15) is 23.7 Å². The topological polar surface area (TPSA) is 87.4 Å². The summed E-state index contributed by atoms with van der Waals surface area (Å²) in [5.74, 6) is 0.435. The third kappa shape index (κ3) is 2.35. The molecular formula is C21H23NO4. The largest absolute Gasteiger partial charge is 0.507 e. The number of ketones is 1. The van der Waals surface area contributed by atoms with Gasteiger partial charge in [-0.3, -0.25) is 9.59 Å². The first-order valence-corrected chi connectivity index (χ1v) is 9.31. The van der Waals surface area contributed by atoms with E-state index >= 15 is 0 Å². The van der Waals surface area contributed by atoms with Crippen LogP contribution in [0.15, 0.2) is 12.1 Å². The van der Waals surface area contributed by atoms with Crippen LogP contribution in [0.25, 0.3) is 0 Å². The number of fused-ring (bicyclic) bond motifs is 5. The number of phenolic OH excluding ortho intramolecular Hbond substituents is 1. The minimum atomic E-state index is -0.327. The molecule has 5 heteroatoms. The van der Waals surface area contributed by atoms with Crippen LogP contribution in [0.5, 0.6) is 5.75 Å². The molecule has 0 heterocycles. The lowest BCUT2D eigenvalue weighted by Crippen LogP contribution is -2.49. The zero-order valence-corrected chi connectivity index (χ0v) is 15.1. The summed E-state index contributed by atoms with van der Waals surface area (Å²) in [5.41, 5.74) is 1.98. The highest BCUT2D eigenvalue weighted by atomic mass is 16.5. The molecule has 0 saturated heterocycles. The zero-order chi connectivity index (χ0) is 18.6. The van der Waals surface area contributed by atoms with Crippen molar-refractivity contribution in [2.75, 3.05) is 0 Å². The van der Waals surface area contributed by atoms with Gasteiger partial charge in [0.05, 0.1) is 5.56 Å². The maximum absolute atomic E-state index is 12.5. The molecule has 136 valence electrons. The molecule has 0 unspecified atom stereocenters. The summed E-state index contributed by atoms with van der Waals surface area (Å²) in [4.78, 5) is 24.3.